The minimum absolute atomic E-state index is 0.0667. The van der Waals surface area contributed by atoms with Crippen LogP contribution in [0.2, 0.25) is 0 Å². The second kappa shape index (κ2) is 5.99. The Bertz CT molecular complexity index is 529. The van der Waals surface area contributed by atoms with Crippen molar-refractivity contribution in [3.63, 3.8) is 0 Å². The van der Waals surface area contributed by atoms with E-state index in [0.29, 0.717) is 30.8 Å². The number of carbonyl (C=O) groups excluding carboxylic acids is 1. The zero-order chi connectivity index (χ0) is 15.0. The van der Waals surface area contributed by atoms with E-state index in [4.69, 9.17) is 4.74 Å². The van der Waals surface area contributed by atoms with Gasteiger partial charge in [0.15, 0.2) is 0 Å². The normalized spacial score (nSPS) is 28.8. The predicted octanol–water partition coefficient (Wildman–Crippen LogP) is 2.42. The number of fused-ring (bicyclic) bond motifs is 2. The lowest BCUT2D eigenvalue weighted by atomic mass is 10.0. The van der Waals surface area contributed by atoms with Gasteiger partial charge in [-0.1, -0.05) is 12.1 Å². The number of hydrogen-bond donors (Lipinski definition) is 1. The molecule has 0 spiro atoms. The lowest BCUT2D eigenvalue weighted by molar-refractivity contribution is -0.143. The molecule has 1 aromatic rings. The van der Waals surface area contributed by atoms with E-state index in [1.165, 1.54) is 5.69 Å². The summed E-state index contributed by atoms with van der Waals surface area (Å²) in [5.74, 6) is 1.86. The summed E-state index contributed by atoms with van der Waals surface area (Å²) in [6.07, 6.45) is 4.72. The van der Waals surface area contributed by atoms with Crippen molar-refractivity contribution in [2.45, 2.75) is 51.3 Å². The number of rotatable bonds is 4. The smallest absolute Gasteiger partial charge is 0.305 e. The molecule has 0 aromatic carbocycles. The number of ether oxygens (including phenoxy) is 1. The van der Waals surface area contributed by atoms with Gasteiger partial charge in [0.2, 0.25) is 0 Å². The van der Waals surface area contributed by atoms with Crippen LogP contribution in [-0.2, 0) is 22.4 Å². The van der Waals surface area contributed by atoms with Gasteiger partial charge in [0.25, 0.3) is 0 Å². The minimum Gasteiger partial charge on any atom is -0.465 e. The van der Waals surface area contributed by atoms with E-state index in [1.54, 1.807) is 0 Å². The van der Waals surface area contributed by atoms with Gasteiger partial charge in [0.05, 0.1) is 23.4 Å². The minimum atomic E-state index is -0.0845. The second-order valence-corrected chi connectivity index (χ2v) is 6.91. The fourth-order valence-corrected chi connectivity index (χ4v) is 3.81. The van der Waals surface area contributed by atoms with Crippen molar-refractivity contribution < 1.29 is 9.53 Å². The summed E-state index contributed by atoms with van der Waals surface area (Å²) in [7, 11) is 0. The highest BCUT2D eigenvalue weighted by Gasteiger charge is 2.50. The first-order valence-corrected chi connectivity index (χ1v) is 8.40. The van der Waals surface area contributed by atoms with Crippen molar-refractivity contribution in [2.75, 3.05) is 6.61 Å². The predicted molar refractivity (Wildman–Crippen MR) is 82.1 cm³/mol. The zero-order valence-corrected chi connectivity index (χ0v) is 13.6. The van der Waals surface area contributed by atoms with Crippen LogP contribution >= 0.6 is 12.6 Å². The Labute approximate surface area is 130 Å². The third kappa shape index (κ3) is 2.96. The summed E-state index contributed by atoms with van der Waals surface area (Å²) >= 11 is 4.47. The summed E-state index contributed by atoms with van der Waals surface area (Å²) in [6.45, 7) is 4.45. The van der Waals surface area contributed by atoms with E-state index in [9.17, 15) is 4.79 Å². The molecule has 116 valence electrons. The molecule has 1 saturated carbocycles. The highest BCUT2D eigenvalue weighted by Crippen LogP contribution is 2.53. The number of carbonyl (C=O) groups is 1. The molecule has 1 aromatic heterocycles. The molecule has 0 amide bonds. The largest absolute Gasteiger partial charge is 0.465 e. The van der Waals surface area contributed by atoms with Gasteiger partial charge < -0.3 is 4.74 Å². The van der Waals surface area contributed by atoms with E-state index >= 15 is 0 Å². The maximum Gasteiger partial charge on any atom is 0.305 e. The molecule has 0 bridgehead atoms. The third-order valence-corrected chi connectivity index (χ3v) is 5.11. The number of esters is 1. The standard InChI is InChI=1S/C15H23N3O2S/c1-3-15(19)20-8-12-10-4-6-13-14(7-5-11(10)12)18(9(2)21)17-16-13/h9-12,21H,3-8H2,1-2H3/t9?,10-,11+,12-/m1/s1. The Morgan fingerprint density at radius 1 is 1.43 bits per heavy atom. The van der Waals surface area contributed by atoms with Crippen LogP contribution in [0.5, 0.6) is 0 Å². The molecule has 1 fully saturated rings. The van der Waals surface area contributed by atoms with Gasteiger partial charge in [0, 0.05) is 6.42 Å². The van der Waals surface area contributed by atoms with Gasteiger partial charge in [-0.25, -0.2) is 4.68 Å². The molecule has 1 unspecified atom stereocenters. The molecule has 0 radical (unpaired) electrons. The van der Waals surface area contributed by atoms with E-state index in [1.807, 2.05) is 18.5 Å². The van der Waals surface area contributed by atoms with Gasteiger partial charge in [-0.05, 0) is 50.4 Å². The molecule has 21 heavy (non-hydrogen) atoms. The van der Waals surface area contributed by atoms with Crippen LogP contribution in [0.15, 0.2) is 0 Å². The van der Waals surface area contributed by atoms with E-state index in [2.05, 4.69) is 22.9 Å². The van der Waals surface area contributed by atoms with Crippen LogP contribution in [0, 0.1) is 17.8 Å². The van der Waals surface area contributed by atoms with E-state index in [0.717, 1.165) is 31.4 Å². The molecular weight excluding hydrogens is 286 g/mol. The SMILES string of the molecule is CCC(=O)OC[C@@H]1[C@@H]2CCc3nnn(C(C)S)c3CC[C@@H]21. The lowest BCUT2D eigenvalue weighted by Crippen LogP contribution is -2.09. The van der Waals surface area contributed by atoms with Crippen LogP contribution in [0.1, 0.15) is 49.9 Å². The molecule has 6 heteroatoms. The number of aryl methyl sites for hydroxylation is 1. The molecule has 3 rings (SSSR count). The summed E-state index contributed by atoms with van der Waals surface area (Å²) < 4.78 is 7.26. The Morgan fingerprint density at radius 3 is 2.81 bits per heavy atom. The van der Waals surface area contributed by atoms with Gasteiger partial charge in [-0.3, -0.25) is 4.79 Å². The van der Waals surface area contributed by atoms with Crippen LogP contribution < -0.4 is 0 Å². The molecule has 0 N–H and O–H groups in total. The van der Waals surface area contributed by atoms with Gasteiger partial charge in [0.1, 0.15) is 0 Å². The fourth-order valence-electron chi connectivity index (χ4n) is 3.63. The maximum atomic E-state index is 11.3. The van der Waals surface area contributed by atoms with Crippen LogP contribution in [-0.4, -0.2) is 27.6 Å². The Kier molecular flexibility index (Phi) is 4.24. The summed E-state index contributed by atoms with van der Waals surface area (Å²) in [4.78, 5) is 11.3. The Balaban J connectivity index is 1.62. The van der Waals surface area contributed by atoms with Crippen molar-refractivity contribution in [1.82, 2.24) is 15.0 Å². The topological polar surface area (TPSA) is 57.0 Å². The molecule has 4 atom stereocenters. The summed E-state index contributed by atoms with van der Waals surface area (Å²) in [5.41, 5.74) is 2.37. The van der Waals surface area contributed by atoms with Crippen molar-refractivity contribution in [1.29, 1.82) is 0 Å². The molecular formula is C15H23N3O2S. The number of aromatic nitrogens is 3. The number of hydrogen-bond acceptors (Lipinski definition) is 5. The Hall–Kier alpha value is -1.04. The van der Waals surface area contributed by atoms with Crippen molar-refractivity contribution in [3.05, 3.63) is 11.4 Å². The van der Waals surface area contributed by atoms with E-state index < -0.39 is 0 Å². The van der Waals surface area contributed by atoms with Crippen LogP contribution in [0.4, 0.5) is 0 Å². The zero-order valence-electron chi connectivity index (χ0n) is 12.7. The molecule has 0 saturated heterocycles. The van der Waals surface area contributed by atoms with Gasteiger partial charge in [-0.2, -0.15) is 12.6 Å². The highest BCUT2D eigenvalue weighted by atomic mass is 32.1. The first kappa shape index (κ1) is 14.9. The van der Waals surface area contributed by atoms with Crippen molar-refractivity contribution in [3.8, 4) is 0 Å². The first-order valence-electron chi connectivity index (χ1n) is 7.88. The monoisotopic (exact) mass is 309 g/mol. The molecule has 5 nitrogen and oxygen atoms in total. The fraction of sp³-hybridized carbons (Fsp3) is 0.800. The average Bonchev–Trinajstić information content (AvgIpc) is 2.93. The summed E-state index contributed by atoms with van der Waals surface area (Å²) in [6, 6.07) is 0. The Morgan fingerprint density at radius 2 is 2.14 bits per heavy atom. The van der Waals surface area contributed by atoms with Crippen LogP contribution in [0.3, 0.4) is 0 Å². The number of thiol groups is 1. The first-order chi connectivity index (χ1) is 10.1. The molecule has 0 aliphatic heterocycles. The lowest BCUT2D eigenvalue weighted by Gasteiger charge is -2.12. The average molecular weight is 309 g/mol. The quantitative estimate of drug-likeness (QED) is 0.685. The van der Waals surface area contributed by atoms with Gasteiger partial charge >= 0.3 is 5.97 Å². The second-order valence-electron chi connectivity index (χ2n) is 6.16. The van der Waals surface area contributed by atoms with E-state index in [-0.39, 0.29) is 11.3 Å². The molecule has 2 aliphatic rings. The molecule has 1 heterocycles. The van der Waals surface area contributed by atoms with Gasteiger partial charge in [-0.15, -0.1) is 5.10 Å². The number of nitrogens with zero attached hydrogens (tertiary/aromatic N) is 3. The van der Waals surface area contributed by atoms with Crippen molar-refractivity contribution in [2.24, 2.45) is 17.8 Å². The molecule has 2 aliphatic carbocycles. The highest BCUT2D eigenvalue weighted by molar-refractivity contribution is 7.80. The van der Waals surface area contributed by atoms with Crippen LogP contribution in [0.25, 0.3) is 0 Å². The van der Waals surface area contributed by atoms with Crippen molar-refractivity contribution >= 4 is 18.6 Å². The third-order valence-electron chi connectivity index (χ3n) is 4.89. The maximum absolute atomic E-state index is 11.3. The summed E-state index contributed by atoms with van der Waals surface area (Å²) in [5, 5.41) is 8.62.